The van der Waals surface area contributed by atoms with Gasteiger partial charge in [0.15, 0.2) is 0 Å². The fraction of sp³-hybridized carbons (Fsp3) is 0.600. The van der Waals surface area contributed by atoms with Gasteiger partial charge in [-0.15, -0.1) is 0 Å². The maximum absolute atomic E-state index is 7.06. The summed E-state index contributed by atoms with van der Waals surface area (Å²) in [6.45, 7) is 20.4. The molecule has 12 heteroatoms. The maximum Gasteiger partial charge on any atom is 0.126 e. The number of likely N-dealkylation sites (N-methyl/N-ethyl adjacent to an activating group) is 4. The highest BCUT2D eigenvalue weighted by atomic mass is 16.5. The van der Waals surface area contributed by atoms with Crippen LogP contribution in [0, 0.1) is 0 Å². The molecule has 0 spiro atoms. The molecule has 1 aliphatic rings. The van der Waals surface area contributed by atoms with Crippen molar-refractivity contribution in [3.05, 3.63) is 115 Å². The first-order valence-electron chi connectivity index (χ1n) is 27.4. The van der Waals surface area contributed by atoms with Crippen LogP contribution in [0.25, 0.3) is 0 Å². The Labute approximate surface area is 436 Å². The number of ether oxygens (including phenoxy) is 4. The quantitative estimate of drug-likeness (QED) is 0.0375. The molecule has 0 radical (unpaired) electrons. The normalized spacial score (nSPS) is 13.3. The van der Waals surface area contributed by atoms with E-state index in [1.807, 2.05) is 0 Å². The van der Waals surface area contributed by atoms with E-state index < -0.39 is 0 Å². The zero-order valence-corrected chi connectivity index (χ0v) is 47.3. The first kappa shape index (κ1) is 58.6. The number of nitrogens with zero attached hydrogens (tertiary/aromatic N) is 4. The van der Waals surface area contributed by atoms with Crippen molar-refractivity contribution in [3.8, 4) is 23.0 Å². The molecular formula is C60H100N8O4+4. The van der Waals surface area contributed by atoms with Crippen LogP contribution in [0.3, 0.4) is 0 Å². The second kappa shape index (κ2) is 26.8. The fourth-order valence-corrected chi connectivity index (χ4v) is 10.8. The second-order valence-corrected chi connectivity index (χ2v) is 23.5. The van der Waals surface area contributed by atoms with Crippen LogP contribution in [0.15, 0.2) is 48.5 Å². The van der Waals surface area contributed by atoms with E-state index in [1.54, 1.807) is 0 Å². The predicted molar refractivity (Wildman–Crippen MR) is 299 cm³/mol. The van der Waals surface area contributed by atoms with Gasteiger partial charge in [0, 0.05) is 74.1 Å². The predicted octanol–water partition coefficient (Wildman–Crippen LogP) is 7.66. The molecule has 8 bridgehead atoms. The molecule has 400 valence electrons. The van der Waals surface area contributed by atoms with Crippen LogP contribution >= 0.6 is 0 Å². The van der Waals surface area contributed by atoms with Gasteiger partial charge in [0.25, 0.3) is 0 Å². The molecule has 1 aliphatic carbocycles. The van der Waals surface area contributed by atoms with Gasteiger partial charge >= 0.3 is 0 Å². The van der Waals surface area contributed by atoms with E-state index in [0.29, 0.717) is 78.3 Å². The number of hydrogen-bond donors (Lipinski definition) is 4. The molecule has 12 nitrogen and oxygen atoms in total. The first-order valence-corrected chi connectivity index (χ1v) is 27.4. The highest BCUT2D eigenvalue weighted by Gasteiger charge is 2.29. The van der Waals surface area contributed by atoms with Crippen molar-refractivity contribution in [1.29, 1.82) is 0 Å². The van der Waals surface area contributed by atoms with Crippen molar-refractivity contribution in [2.75, 3.05) is 135 Å². The summed E-state index contributed by atoms with van der Waals surface area (Å²) in [7, 11) is 18.3. The number of hydrogen-bond acceptors (Lipinski definition) is 8. The zero-order valence-electron chi connectivity index (χ0n) is 47.3. The van der Waals surface area contributed by atoms with Crippen LogP contribution in [0.1, 0.15) is 120 Å². The van der Waals surface area contributed by atoms with Gasteiger partial charge in [-0.25, -0.2) is 0 Å². The smallest absolute Gasteiger partial charge is 0.126 e. The molecule has 4 aromatic rings. The van der Waals surface area contributed by atoms with Gasteiger partial charge in [-0.1, -0.05) is 27.7 Å². The van der Waals surface area contributed by atoms with Gasteiger partial charge in [0.05, 0.1) is 109 Å². The molecular weight excluding hydrogens is 897 g/mol. The largest absolute Gasteiger partial charge is 0.493 e. The molecule has 8 N–H and O–H groups in total. The summed E-state index contributed by atoms with van der Waals surface area (Å²) in [6, 6.07) is 19.3. The Bertz CT molecular complexity index is 1940. The zero-order chi connectivity index (χ0) is 52.7. The molecule has 72 heavy (non-hydrogen) atoms. The maximum atomic E-state index is 7.06. The van der Waals surface area contributed by atoms with Crippen LogP contribution in [0.2, 0.25) is 0 Å². The van der Waals surface area contributed by atoms with Gasteiger partial charge in [-0.05, 0) is 119 Å². The van der Waals surface area contributed by atoms with Crippen molar-refractivity contribution in [3.63, 3.8) is 0 Å². The molecule has 0 unspecified atom stereocenters. The lowest BCUT2D eigenvalue weighted by Crippen LogP contribution is -2.42. The molecule has 4 aromatic carbocycles. The Hall–Kier alpha value is -4.24. The standard InChI is InChI=1S/C60H100N8O4/c1-13-25-69-57-49-29-45(41-65(5,6)21-17-61)30-50(57)38-52-32-47(43-67(9,10)23-19-63)34-54(59(52)71-27-15-3)40-56-36-48(44-68(11,12)24-20-64)35-55(60(56)72-28-16-4)39-53-33-46(42-66(7,8)22-18-62)31-51(37-49)58(53)70-26-14-2/h29-36H,13-28,37-44,61-64H2,1-12H3/q+4. The Balaban J connectivity index is 2.01. The minimum atomic E-state index is 0.608. The Kier molecular flexibility index (Phi) is 21.8. The highest BCUT2D eigenvalue weighted by Crippen LogP contribution is 2.42. The number of benzene rings is 4. The van der Waals surface area contributed by atoms with E-state index in [-0.39, 0.29) is 0 Å². The Morgan fingerprint density at radius 2 is 0.486 bits per heavy atom. The third-order valence-corrected chi connectivity index (χ3v) is 13.9. The summed E-state index contributed by atoms with van der Waals surface area (Å²) in [4.78, 5) is 0. The summed E-state index contributed by atoms with van der Waals surface area (Å²) in [5.74, 6) is 3.83. The molecule has 0 atom stereocenters. The lowest BCUT2D eigenvalue weighted by Gasteiger charge is -2.31. The Morgan fingerprint density at radius 1 is 0.319 bits per heavy atom. The average molecular weight is 998 g/mol. The van der Waals surface area contributed by atoms with Gasteiger partial charge in [0.2, 0.25) is 0 Å². The number of nitrogens with two attached hydrogens (primary N) is 4. The minimum Gasteiger partial charge on any atom is -0.493 e. The molecule has 0 fully saturated rings. The van der Waals surface area contributed by atoms with E-state index >= 15 is 0 Å². The van der Waals surface area contributed by atoms with E-state index in [2.05, 4.69) is 133 Å². The second-order valence-electron chi connectivity index (χ2n) is 23.5. The van der Waals surface area contributed by atoms with Gasteiger partial charge in [-0.3, -0.25) is 0 Å². The monoisotopic (exact) mass is 997 g/mol. The van der Waals surface area contributed by atoms with Crippen molar-refractivity contribution >= 4 is 0 Å². The number of rotatable bonds is 28. The van der Waals surface area contributed by atoms with Gasteiger partial charge < -0.3 is 59.8 Å². The summed E-state index contributed by atoms with van der Waals surface area (Å²) in [5.41, 5.74) is 39.4. The summed E-state index contributed by atoms with van der Waals surface area (Å²) >= 11 is 0. The number of quaternary nitrogens is 4. The SMILES string of the molecule is CCCOc1c2cc(C[N+](C)(C)CCN)cc1Cc1cc(C[N+](C)(C)CCN)cc(c1OCCC)Cc1cc(C[N+](C)(C)CCN)cc(c1OCCC)Cc1cc(C[N+](C)(C)CCN)cc(c1OCCC)C2. The van der Waals surface area contributed by atoms with Gasteiger partial charge in [0.1, 0.15) is 49.2 Å². The first-order chi connectivity index (χ1) is 34.2. The van der Waals surface area contributed by atoms with Crippen LogP contribution in [-0.2, 0) is 51.9 Å². The molecule has 0 aliphatic heterocycles. The van der Waals surface area contributed by atoms with E-state index in [0.717, 1.165) is 119 Å². The van der Waals surface area contributed by atoms with Crippen molar-refractivity contribution in [1.82, 2.24) is 0 Å². The van der Waals surface area contributed by atoms with E-state index in [4.69, 9.17) is 41.9 Å². The van der Waals surface area contributed by atoms with Crippen LogP contribution in [0.4, 0.5) is 0 Å². The molecule has 0 saturated heterocycles. The van der Waals surface area contributed by atoms with E-state index in [9.17, 15) is 0 Å². The summed E-state index contributed by atoms with van der Waals surface area (Å²) in [5, 5.41) is 0. The summed E-state index contributed by atoms with van der Waals surface area (Å²) < 4.78 is 31.3. The van der Waals surface area contributed by atoms with Crippen molar-refractivity contribution < 1.29 is 36.9 Å². The summed E-state index contributed by atoms with van der Waals surface area (Å²) in [6.07, 6.45) is 6.12. The molecule has 0 heterocycles. The molecule has 0 aromatic heterocycles. The van der Waals surface area contributed by atoms with Crippen molar-refractivity contribution in [2.24, 2.45) is 22.9 Å². The third kappa shape index (κ3) is 16.9. The van der Waals surface area contributed by atoms with Gasteiger partial charge in [-0.2, -0.15) is 0 Å². The van der Waals surface area contributed by atoms with Crippen LogP contribution < -0.4 is 41.9 Å². The lowest BCUT2D eigenvalue weighted by atomic mass is 9.88. The topological polar surface area (TPSA) is 141 Å². The fourth-order valence-electron chi connectivity index (χ4n) is 10.8. The highest BCUT2D eigenvalue weighted by molar-refractivity contribution is 5.58. The lowest BCUT2D eigenvalue weighted by molar-refractivity contribution is -0.902. The minimum absolute atomic E-state index is 0.608. The molecule has 0 amide bonds. The van der Waals surface area contributed by atoms with Crippen molar-refractivity contribution in [2.45, 2.75) is 105 Å². The van der Waals surface area contributed by atoms with Crippen LogP contribution in [0.5, 0.6) is 23.0 Å². The number of fused-ring (bicyclic) bond motifs is 8. The average Bonchev–Trinajstić information content (AvgIpc) is 3.27. The Morgan fingerprint density at radius 3 is 0.625 bits per heavy atom. The van der Waals surface area contributed by atoms with Crippen LogP contribution in [-0.4, -0.2) is 153 Å². The molecule has 0 saturated carbocycles. The third-order valence-electron chi connectivity index (χ3n) is 13.9. The molecule has 5 rings (SSSR count). The van der Waals surface area contributed by atoms with E-state index in [1.165, 1.54) is 66.8 Å².